The molecule has 1 aliphatic heterocycles. The Labute approximate surface area is 151 Å². The molecular weight excluding hydrogens is 368 g/mol. The van der Waals surface area contributed by atoms with E-state index < -0.39 is 0 Å². The molecule has 118 valence electrons. The largest absolute Gasteiger partial charge is 1.00 e. The molecule has 4 rings (SSSR count). The average Bonchev–Trinajstić information content (AvgIpc) is 2.96. The maximum Gasteiger partial charge on any atom is 0.318 e. The third kappa shape index (κ3) is 3.38. The summed E-state index contributed by atoms with van der Waals surface area (Å²) in [7, 11) is 0. The molecule has 0 saturated carbocycles. The highest BCUT2D eigenvalue weighted by Gasteiger charge is 2.27. The number of benzene rings is 2. The van der Waals surface area contributed by atoms with Crippen LogP contribution in [0, 0.1) is 0 Å². The fraction of sp³-hybridized carbons (Fsp3) is 0.211. The SMILES string of the molecule is [Br-].c1ccc(C[n+]2cc(-c3ccccc3)n3c2SCCC3)cc1. The molecule has 0 aliphatic carbocycles. The summed E-state index contributed by atoms with van der Waals surface area (Å²) in [6.07, 6.45) is 3.56. The molecule has 3 aromatic rings. The molecule has 1 aliphatic rings. The Balaban J connectivity index is 0.00000156. The van der Waals surface area contributed by atoms with Crippen molar-refractivity contribution in [3.8, 4) is 11.3 Å². The van der Waals surface area contributed by atoms with Gasteiger partial charge in [0, 0.05) is 11.3 Å². The highest BCUT2D eigenvalue weighted by molar-refractivity contribution is 7.99. The molecule has 0 radical (unpaired) electrons. The van der Waals surface area contributed by atoms with E-state index in [2.05, 4.69) is 76.0 Å². The zero-order valence-electron chi connectivity index (χ0n) is 12.9. The molecule has 2 heterocycles. The van der Waals surface area contributed by atoms with Crippen LogP contribution in [0.4, 0.5) is 0 Å². The van der Waals surface area contributed by atoms with Gasteiger partial charge in [-0.25, -0.2) is 9.13 Å². The third-order valence-corrected chi connectivity index (χ3v) is 5.27. The van der Waals surface area contributed by atoms with Gasteiger partial charge in [0.05, 0.1) is 6.54 Å². The number of fused-ring (bicyclic) bond motifs is 1. The molecule has 4 heteroatoms. The summed E-state index contributed by atoms with van der Waals surface area (Å²) in [5.74, 6) is 1.22. The monoisotopic (exact) mass is 386 g/mol. The summed E-state index contributed by atoms with van der Waals surface area (Å²) in [5.41, 5.74) is 3.99. The topological polar surface area (TPSA) is 8.81 Å². The number of thioether (sulfide) groups is 1. The number of aromatic nitrogens is 2. The Morgan fingerprint density at radius 3 is 2.39 bits per heavy atom. The molecule has 0 atom stereocenters. The van der Waals surface area contributed by atoms with Crippen LogP contribution < -0.4 is 21.5 Å². The van der Waals surface area contributed by atoms with E-state index in [-0.39, 0.29) is 17.0 Å². The highest BCUT2D eigenvalue weighted by Crippen LogP contribution is 2.29. The van der Waals surface area contributed by atoms with Gasteiger partial charge in [-0.3, -0.25) is 0 Å². The van der Waals surface area contributed by atoms with Crippen molar-refractivity contribution in [2.75, 3.05) is 5.75 Å². The number of imidazole rings is 1. The molecule has 2 aromatic carbocycles. The van der Waals surface area contributed by atoms with E-state index in [0.29, 0.717) is 0 Å². The van der Waals surface area contributed by atoms with Gasteiger partial charge in [0.25, 0.3) is 0 Å². The van der Waals surface area contributed by atoms with Crippen LogP contribution in [0.1, 0.15) is 12.0 Å². The zero-order chi connectivity index (χ0) is 14.8. The number of hydrogen-bond donors (Lipinski definition) is 0. The predicted octanol–water partition coefficient (Wildman–Crippen LogP) is 0.991. The van der Waals surface area contributed by atoms with Gasteiger partial charge < -0.3 is 17.0 Å². The first-order valence-corrected chi connectivity index (χ1v) is 8.75. The smallest absolute Gasteiger partial charge is 0.318 e. The van der Waals surface area contributed by atoms with E-state index in [1.807, 2.05) is 11.8 Å². The highest BCUT2D eigenvalue weighted by atomic mass is 79.9. The maximum atomic E-state index is 2.48. The molecule has 2 nitrogen and oxygen atoms in total. The van der Waals surface area contributed by atoms with Crippen LogP contribution in [0.2, 0.25) is 0 Å². The van der Waals surface area contributed by atoms with Crippen molar-refractivity contribution in [3.63, 3.8) is 0 Å². The summed E-state index contributed by atoms with van der Waals surface area (Å²) < 4.78 is 4.88. The van der Waals surface area contributed by atoms with E-state index in [4.69, 9.17) is 0 Å². The molecule has 1 aromatic heterocycles. The van der Waals surface area contributed by atoms with Crippen LogP contribution >= 0.6 is 11.8 Å². The van der Waals surface area contributed by atoms with Crippen molar-refractivity contribution < 1.29 is 21.5 Å². The van der Waals surface area contributed by atoms with Crippen molar-refractivity contribution >= 4 is 11.8 Å². The van der Waals surface area contributed by atoms with Gasteiger partial charge in [-0.1, -0.05) is 60.7 Å². The molecule has 0 fully saturated rings. The summed E-state index contributed by atoms with van der Waals surface area (Å²) in [6, 6.07) is 21.4. The lowest BCUT2D eigenvalue weighted by atomic mass is 10.1. The van der Waals surface area contributed by atoms with Gasteiger partial charge in [-0.2, -0.15) is 0 Å². The molecule has 0 bridgehead atoms. The zero-order valence-corrected chi connectivity index (χ0v) is 15.3. The van der Waals surface area contributed by atoms with Crippen LogP contribution in [0.3, 0.4) is 0 Å². The molecular formula is C19H19BrN2S. The Morgan fingerprint density at radius 2 is 1.65 bits per heavy atom. The minimum atomic E-state index is 0. The standard InChI is InChI=1S/C19H19N2S.BrH/c1-3-8-16(9-4-1)14-20-15-18(17-10-5-2-6-11-17)21-12-7-13-22-19(20)21;/h1-6,8-11,15H,7,12-14H2;1H/q+1;/p-1. The second-order valence-electron chi connectivity index (χ2n) is 5.63. The lowest BCUT2D eigenvalue weighted by molar-refractivity contribution is -0.725. The summed E-state index contributed by atoms with van der Waals surface area (Å²) in [5, 5.41) is 1.38. The van der Waals surface area contributed by atoms with Gasteiger partial charge in [-0.05, 0) is 23.7 Å². The van der Waals surface area contributed by atoms with E-state index in [0.717, 1.165) is 13.1 Å². The van der Waals surface area contributed by atoms with Gasteiger partial charge in [0.15, 0.2) is 5.69 Å². The lowest BCUT2D eigenvalue weighted by Crippen LogP contribution is -3.00. The van der Waals surface area contributed by atoms with Crippen molar-refractivity contribution in [3.05, 3.63) is 72.4 Å². The second-order valence-corrected chi connectivity index (χ2v) is 6.69. The number of halogens is 1. The van der Waals surface area contributed by atoms with Gasteiger partial charge in [-0.15, -0.1) is 0 Å². The van der Waals surface area contributed by atoms with Crippen LogP contribution in [0.5, 0.6) is 0 Å². The average molecular weight is 387 g/mol. The van der Waals surface area contributed by atoms with Gasteiger partial charge >= 0.3 is 5.16 Å². The van der Waals surface area contributed by atoms with E-state index in [1.54, 1.807) is 0 Å². The van der Waals surface area contributed by atoms with Gasteiger partial charge in [0.1, 0.15) is 12.7 Å². The minimum Gasteiger partial charge on any atom is -1.00 e. The Hall–Kier alpha value is -1.52. The fourth-order valence-corrected chi connectivity index (χ4v) is 4.11. The number of rotatable bonds is 3. The molecule has 0 N–H and O–H groups in total. The lowest BCUT2D eigenvalue weighted by Gasteiger charge is -2.10. The maximum absolute atomic E-state index is 2.48. The van der Waals surface area contributed by atoms with Crippen molar-refractivity contribution in [2.24, 2.45) is 0 Å². The van der Waals surface area contributed by atoms with Crippen LogP contribution in [0.25, 0.3) is 11.3 Å². The Bertz CT molecular complexity index is 769. The van der Waals surface area contributed by atoms with E-state index in [9.17, 15) is 0 Å². The van der Waals surface area contributed by atoms with Crippen molar-refractivity contribution in [1.82, 2.24) is 4.57 Å². The summed E-state index contributed by atoms with van der Waals surface area (Å²) >= 11 is 1.98. The Morgan fingerprint density at radius 1 is 0.957 bits per heavy atom. The quantitative estimate of drug-likeness (QED) is 0.609. The predicted molar refractivity (Wildman–Crippen MR) is 90.9 cm³/mol. The van der Waals surface area contributed by atoms with Crippen molar-refractivity contribution in [1.29, 1.82) is 0 Å². The molecule has 0 spiro atoms. The minimum absolute atomic E-state index is 0. The first-order chi connectivity index (χ1) is 10.9. The summed E-state index contributed by atoms with van der Waals surface area (Å²) in [6.45, 7) is 2.06. The van der Waals surface area contributed by atoms with E-state index in [1.165, 1.54) is 34.2 Å². The molecule has 0 amide bonds. The molecule has 0 saturated heterocycles. The van der Waals surface area contributed by atoms with Crippen LogP contribution in [0.15, 0.2) is 72.0 Å². The molecule has 0 unspecified atom stereocenters. The first-order valence-electron chi connectivity index (χ1n) is 7.77. The van der Waals surface area contributed by atoms with Crippen molar-refractivity contribution in [2.45, 2.75) is 24.7 Å². The van der Waals surface area contributed by atoms with Crippen LogP contribution in [-0.2, 0) is 13.1 Å². The Kier molecular flexibility index (Phi) is 5.23. The van der Waals surface area contributed by atoms with Gasteiger partial charge in [0.2, 0.25) is 0 Å². The normalized spacial score (nSPS) is 13.2. The number of nitrogens with zero attached hydrogens (tertiary/aromatic N) is 2. The first kappa shape index (κ1) is 16.3. The fourth-order valence-electron chi connectivity index (χ4n) is 3.03. The summed E-state index contributed by atoms with van der Waals surface area (Å²) in [4.78, 5) is 0. The third-order valence-electron chi connectivity index (χ3n) is 4.07. The second kappa shape index (κ2) is 7.37. The number of hydrogen-bond acceptors (Lipinski definition) is 1. The molecule has 23 heavy (non-hydrogen) atoms. The van der Waals surface area contributed by atoms with Crippen LogP contribution in [-0.4, -0.2) is 10.3 Å². The van der Waals surface area contributed by atoms with E-state index >= 15 is 0 Å².